The summed E-state index contributed by atoms with van der Waals surface area (Å²) in [6.07, 6.45) is 21.6. The van der Waals surface area contributed by atoms with Crippen LogP contribution in [0, 0.1) is 5.92 Å². The molecule has 11 heteroatoms. The Hall–Kier alpha value is -2.32. The largest absolute Gasteiger partial charge is 0.277 e. The topological polar surface area (TPSA) is 82.1 Å². The molecule has 0 bridgehead atoms. The summed E-state index contributed by atoms with van der Waals surface area (Å²) in [5.74, 6) is -0.745. The number of hydrogen-bond donors (Lipinski definition) is 1. The molecule has 2 aromatic rings. The molecule has 4 rings (SSSR count). The number of benzene rings is 2. The van der Waals surface area contributed by atoms with Crippen molar-refractivity contribution in [1.82, 2.24) is 5.43 Å². The van der Waals surface area contributed by atoms with E-state index in [1.54, 1.807) is 18.2 Å². The van der Waals surface area contributed by atoms with Crippen molar-refractivity contribution in [3.63, 3.8) is 0 Å². The van der Waals surface area contributed by atoms with Gasteiger partial charge in [0.2, 0.25) is 11.8 Å². The molecule has 0 aliphatic carbocycles. The molecular weight excluding hydrogens is 690 g/mol. The fourth-order valence-electron chi connectivity index (χ4n) is 6.45. The maximum absolute atomic E-state index is 13.3. The standard InChI is InChI=1S/C37H48Cl4N4O3/c1-2-3-4-5-6-7-8-9-10-11-12-13-14-15-16-17-18-26-21-34(46)44(37(26)48)28-19-20-29(39)32(24-28)42-33-25-35(47)45(43-33)36-30(40)22-27(38)23-31(36)41/h19-20,22-24,26H,2-18,21,25H2,1H3,(H,42,43)/t26-/m1/s1. The highest BCUT2D eigenvalue weighted by molar-refractivity contribution is 6.42. The first-order valence-corrected chi connectivity index (χ1v) is 19.2. The number of hydrazine groups is 1. The number of amides is 3. The third-order valence-corrected chi connectivity index (χ3v) is 10.2. The number of hydrogen-bond acceptors (Lipinski definition) is 4. The minimum absolute atomic E-state index is 0.0567. The van der Waals surface area contributed by atoms with E-state index in [-0.39, 0.29) is 52.2 Å². The molecule has 2 saturated heterocycles. The lowest BCUT2D eigenvalue weighted by Gasteiger charge is -2.19. The number of carbonyl (C=O) groups excluding carboxylic acids is 3. The van der Waals surface area contributed by atoms with Crippen LogP contribution >= 0.6 is 46.4 Å². The van der Waals surface area contributed by atoms with Crippen molar-refractivity contribution in [3.05, 3.63) is 50.4 Å². The fourth-order valence-corrected chi connectivity index (χ4v) is 7.59. The molecule has 2 aliphatic rings. The molecule has 262 valence electrons. The van der Waals surface area contributed by atoms with Crippen molar-refractivity contribution in [2.45, 2.75) is 129 Å². The monoisotopic (exact) mass is 736 g/mol. The Balaban J connectivity index is 1.19. The maximum Gasteiger partial charge on any atom is 0.253 e. The summed E-state index contributed by atoms with van der Waals surface area (Å²) in [5, 5.41) is 2.28. The third-order valence-electron chi connectivity index (χ3n) is 9.10. The van der Waals surface area contributed by atoms with Gasteiger partial charge in [0, 0.05) is 17.4 Å². The highest BCUT2D eigenvalue weighted by Gasteiger charge is 2.39. The van der Waals surface area contributed by atoms with Crippen molar-refractivity contribution in [3.8, 4) is 0 Å². The Bertz CT molecular complexity index is 1430. The number of rotatable bonds is 20. The van der Waals surface area contributed by atoms with Gasteiger partial charge in [-0.25, -0.2) is 10.0 Å². The van der Waals surface area contributed by atoms with Crippen LogP contribution in [0.2, 0.25) is 20.1 Å². The van der Waals surface area contributed by atoms with E-state index >= 15 is 0 Å². The van der Waals surface area contributed by atoms with Gasteiger partial charge in [-0.05, 0) is 36.8 Å². The number of nitrogens with zero attached hydrogens (tertiary/aromatic N) is 3. The molecule has 2 fully saturated rings. The molecule has 2 heterocycles. The van der Waals surface area contributed by atoms with Crippen LogP contribution in [0.5, 0.6) is 0 Å². The van der Waals surface area contributed by atoms with Crippen molar-refractivity contribution in [2.24, 2.45) is 10.9 Å². The van der Waals surface area contributed by atoms with Gasteiger partial charge in [0.25, 0.3) is 5.91 Å². The zero-order chi connectivity index (χ0) is 34.5. The van der Waals surface area contributed by atoms with Crippen molar-refractivity contribution in [1.29, 1.82) is 0 Å². The Morgan fingerprint density at radius 1 is 0.708 bits per heavy atom. The summed E-state index contributed by atoms with van der Waals surface area (Å²) in [6, 6.07) is 7.82. The number of amidine groups is 1. The van der Waals surface area contributed by atoms with Gasteiger partial charge < -0.3 is 0 Å². The second-order valence-corrected chi connectivity index (χ2v) is 14.6. The summed E-state index contributed by atoms with van der Waals surface area (Å²) in [5.41, 5.74) is 3.92. The first kappa shape index (κ1) is 38.5. The summed E-state index contributed by atoms with van der Waals surface area (Å²) >= 11 is 25.1. The number of imide groups is 1. The molecule has 0 radical (unpaired) electrons. The highest BCUT2D eigenvalue weighted by Crippen LogP contribution is 2.38. The van der Waals surface area contributed by atoms with Gasteiger partial charge in [-0.2, -0.15) is 0 Å². The van der Waals surface area contributed by atoms with Crippen LogP contribution in [0.25, 0.3) is 0 Å². The quantitative estimate of drug-likeness (QED) is 0.108. The van der Waals surface area contributed by atoms with Crippen LogP contribution in [0.1, 0.15) is 129 Å². The smallest absolute Gasteiger partial charge is 0.253 e. The average molecular weight is 739 g/mol. The lowest BCUT2D eigenvalue weighted by molar-refractivity contribution is -0.122. The van der Waals surface area contributed by atoms with E-state index in [1.807, 2.05) is 0 Å². The maximum atomic E-state index is 13.3. The minimum Gasteiger partial charge on any atom is -0.277 e. The average Bonchev–Trinajstić information content (AvgIpc) is 3.54. The normalized spacial score (nSPS) is 17.3. The molecule has 0 saturated carbocycles. The summed E-state index contributed by atoms with van der Waals surface area (Å²) in [7, 11) is 0. The zero-order valence-electron chi connectivity index (χ0n) is 28.0. The van der Waals surface area contributed by atoms with Gasteiger partial charge in [0.1, 0.15) is 11.5 Å². The van der Waals surface area contributed by atoms with Gasteiger partial charge in [0.05, 0.1) is 32.9 Å². The number of anilines is 2. The van der Waals surface area contributed by atoms with Gasteiger partial charge in [-0.3, -0.25) is 24.7 Å². The van der Waals surface area contributed by atoms with Crippen molar-refractivity contribution < 1.29 is 14.4 Å². The van der Waals surface area contributed by atoms with E-state index in [0.29, 0.717) is 33.7 Å². The molecule has 0 aromatic heterocycles. The summed E-state index contributed by atoms with van der Waals surface area (Å²) in [6.45, 7) is 2.27. The third kappa shape index (κ3) is 11.1. The molecule has 2 aliphatic heterocycles. The molecule has 2 aromatic carbocycles. The fraction of sp³-hybridized carbons (Fsp3) is 0.568. The SMILES string of the molecule is CCCCCCCCCCCCCCCCCC[C@@H]1CC(=O)N(c2ccc(Cl)c(N=C3CC(=O)N(c4c(Cl)cc(Cl)cc4Cl)N3)c2)C1=O. The van der Waals surface area contributed by atoms with Crippen molar-refractivity contribution >= 4 is 87.0 Å². The summed E-state index contributed by atoms with van der Waals surface area (Å²) in [4.78, 5) is 44.9. The van der Waals surface area contributed by atoms with Crippen LogP contribution in [0.3, 0.4) is 0 Å². The van der Waals surface area contributed by atoms with Crippen LogP contribution in [-0.2, 0) is 14.4 Å². The Kier molecular flexibility index (Phi) is 15.8. The lowest BCUT2D eigenvalue weighted by Crippen LogP contribution is -2.36. The number of carbonyl (C=O) groups is 3. The first-order valence-electron chi connectivity index (χ1n) is 17.7. The minimum atomic E-state index is -0.325. The van der Waals surface area contributed by atoms with Crippen LogP contribution in [-0.4, -0.2) is 23.6 Å². The lowest BCUT2D eigenvalue weighted by atomic mass is 9.98. The van der Waals surface area contributed by atoms with Crippen LogP contribution in [0.15, 0.2) is 35.3 Å². The van der Waals surface area contributed by atoms with E-state index in [0.717, 1.165) is 12.8 Å². The summed E-state index contributed by atoms with van der Waals surface area (Å²) < 4.78 is 0. The highest BCUT2D eigenvalue weighted by atomic mass is 35.5. The van der Waals surface area contributed by atoms with E-state index in [2.05, 4.69) is 17.3 Å². The predicted molar refractivity (Wildman–Crippen MR) is 200 cm³/mol. The van der Waals surface area contributed by atoms with Gasteiger partial charge in [-0.1, -0.05) is 156 Å². The van der Waals surface area contributed by atoms with Crippen molar-refractivity contribution in [2.75, 3.05) is 9.91 Å². The number of aliphatic imine (C=N–C) groups is 1. The van der Waals surface area contributed by atoms with E-state index < -0.39 is 0 Å². The Morgan fingerprint density at radius 3 is 1.81 bits per heavy atom. The molecule has 1 atom stereocenters. The van der Waals surface area contributed by atoms with Gasteiger partial charge >= 0.3 is 0 Å². The van der Waals surface area contributed by atoms with Crippen LogP contribution < -0.4 is 15.3 Å². The van der Waals surface area contributed by atoms with Gasteiger partial charge in [0.15, 0.2) is 0 Å². The van der Waals surface area contributed by atoms with E-state index in [9.17, 15) is 14.4 Å². The molecule has 0 spiro atoms. The molecule has 48 heavy (non-hydrogen) atoms. The number of unbranched alkanes of at least 4 members (excludes halogenated alkanes) is 15. The Morgan fingerprint density at radius 2 is 1.25 bits per heavy atom. The molecule has 3 amide bonds. The van der Waals surface area contributed by atoms with E-state index in [4.69, 9.17) is 46.4 Å². The van der Waals surface area contributed by atoms with E-state index in [1.165, 1.54) is 112 Å². The van der Waals surface area contributed by atoms with Crippen LogP contribution in [0.4, 0.5) is 17.1 Å². The predicted octanol–water partition coefficient (Wildman–Crippen LogP) is 11.8. The first-order chi connectivity index (χ1) is 23.2. The second kappa shape index (κ2) is 19.8. The Labute approximate surface area is 305 Å². The van der Waals surface area contributed by atoms with Gasteiger partial charge in [-0.15, -0.1) is 0 Å². The molecule has 0 unspecified atom stereocenters. The molecule has 1 N–H and O–H groups in total. The second-order valence-electron chi connectivity index (χ2n) is 13.0. The molecule has 7 nitrogen and oxygen atoms in total. The number of nitrogens with one attached hydrogen (secondary N) is 1. The molecular formula is C37H48Cl4N4O3. The number of halogens is 4. The zero-order valence-corrected chi connectivity index (χ0v) is 31.0.